The molecule has 0 spiro atoms. The fourth-order valence-electron chi connectivity index (χ4n) is 1.14. The molecule has 1 aliphatic heterocycles. The zero-order valence-corrected chi connectivity index (χ0v) is 6.67. The van der Waals surface area contributed by atoms with Gasteiger partial charge >= 0.3 is 5.97 Å². The summed E-state index contributed by atoms with van der Waals surface area (Å²) in [6.45, 7) is 1.36. The van der Waals surface area contributed by atoms with E-state index in [0.29, 0.717) is 0 Å². The average molecular weight is 176 g/mol. The summed E-state index contributed by atoms with van der Waals surface area (Å²) in [5, 5.41) is 27.3. The lowest BCUT2D eigenvalue weighted by Crippen LogP contribution is -2.41. The normalized spacial score (nSPS) is 34.5. The smallest absolute Gasteiger partial charge is 0.309 e. The summed E-state index contributed by atoms with van der Waals surface area (Å²) in [5.74, 6) is -0.549. The fourth-order valence-corrected chi connectivity index (χ4v) is 1.14. The van der Waals surface area contributed by atoms with Gasteiger partial charge in [0.15, 0.2) is 6.10 Å². The summed E-state index contributed by atoms with van der Waals surface area (Å²) in [5.41, 5.74) is 0. The third kappa shape index (κ3) is 1.74. The molecule has 0 amide bonds. The van der Waals surface area contributed by atoms with Crippen LogP contribution in [-0.2, 0) is 9.53 Å². The summed E-state index contributed by atoms with van der Waals surface area (Å²) in [4.78, 5) is 10.6. The van der Waals surface area contributed by atoms with Gasteiger partial charge in [0.1, 0.15) is 12.2 Å². The lowest BCUT2D eigenvalue weighted by Gasteiger charge is -2.21. The molecule has 0 unspecified atom stereocenters. The first kappa shape index (κ1) is 9.44. The Hall–Kier alpha value is -0.650. The Morgan fingerprint density at radius 2 is 2.17 bits per heavy atom. The monoisotopic (exact) mass is 176 g/mol. The van der Waals surface area contributed by atoms with Crippen molar-refractivity contribution in [2.75, 3.05) is 0 Å². The molecule has 3 N–H and O–H groups in total. The first-order chi connectivity index (χ1) is 5.52. The van der Waals surface area contributed by atoms with Crippen LogP contribution in [-0.4, -0.2) is 45.7 Å². The third-order valence-electron chi connectivity index (χ3n) is 1.85. The van der Waals surface area contributed by atoms with E-state index in [-0.39, 0.29) is 6.42 Å². The minimum absolute atomic E-state index is 0.117. The summed E-state index contributed by atoms with van der Waals surface area (Å²) in [6, 6.07) is 0. The van der Waals surface area contributed by atoms with Crippen molar-refractivity contribution in [2.45, 2.75) is 37.8 Å². The maximum absolute atomic E-state index is 10.6. The van der Waals surface area contributed by atoms with Gasteiger partial charge < -0.3 is 20.1 Å². The zero-order chi connectivity index (χ0) is 9.30. The summed E-state index contributed by atoms with van der Waals surface area (Å²) >= 11 is 0. The van der Waals surface area contributed by atoms with Crippen molar-refractivity contribution in [1.29, 1.82) is 0 Å². The van der Waals surface area contributed by atoms with Gasteiger partial charge in [0, 0.05) is 0 Å². The minimum atomic E-state index is -1.22. The highest BCUT2D eigenvalue weighted by atomic mass is 16.6. The first-order valence-electron chi connectivity index (χ1n) is 3.76. The van der Waals surface area contributed by atoms with Gasteiger partial charge in [-0.25, -0.2) is 0 Å². The predicted molar refractivity (Wildman–Crippen MR) is 38.2 cm³/mol. The second-order valence-electron chi connectivity index (χ2n) is 2.96. The van der Waals surface area contributed by atoms with Gasteiger partial charge in [-0.1, -0.05) is 0 Å². The SMILES string of the molecule is C[C@@H](O)[C@@H](O)[C@@H]1OC(=O)C[C@@H]1O. The van der Waals surface area contributed by atoms with Crippen LogP contribution in [0.1, 0.15) is 13.3 Å². The van der Waals surface area contributed by atoms with Crippen LogP contribution in [0.4, 0.5) is 0 Å². The number of hydrogen-bond donors (Lipinski definition) is 3. The molecule has 1 saturated heterocycles. The molecule has 4 atom stereocenters. The van der Waals surface area contributed by atoms with E-state index in [1.165, 1.54) is 6.92 Å². The van der Waals surface area contributed by atoms with Gasteiger partial charge in [-0.15, -0.1) is 0 Å². The van der Waals surface area contributed by atoms with E-state index in [1.807, 2.05) is 0 Å². The molecule has 0 aromatic rings. The summed E-state index contributed by atoms with van der Waals surface area (Å²) in [7, 11) is 0. The molecule has 1 aliphatic rings. The molecule has 70 valence electrons. The van der Waals surface area contributed by atoms with Crippen LogP contribution < -0.4 is 0 Å². The number of cyclic esters (lactones) is 1. The van der Waals surface area contributed by atoms with E-state index in [2.05, 4.69) is 4.74 Å². The van der Waals surface area contributed by atoms with Crippen molar-refractivity contribution in [1.82, 2.24) is 0 Å². The Morgan fingerprint density at radius 3 is 2.50 bits per heavy atom. The van der Waals surface area contributed by atoms with E-state index in [9.17, 15) is 9.90 Å². The zero-order valence-electron chi connectivity index (χ0n) is 6.67. The lowest BCUT2D eigenvalue weighted by molar-refractivity contribution is -0.150. The average Bonchev–Trinajstić information content (AvgIpc) is 2.28. The highest BCUT2D eigenvalue weighted by Gasteiger charge is 2.40. The van der Waals surface area contributed by atoms with E-state index in [4.69, 9.17) is 10.2 Å². The Kier molecular flexibility index (Phi) is 2.66. The standard InChI is InChI=1S/C7H12O5/c1-3(8)6(11)7-4(9)2-5(10)12-7/h3-4,6-9,11H,2H2,1H3/t3-,4+,6-,7-/m1/s1. The predicted octanol–water partition coefficient (Wildman–Crippen LogP) is -1.60. The quantitative estimate of drug-likeness (QED) is 0.441. The van der Waals surface area contributed by atoms with Crippen LogP contribution in [0.15, 0.2) is 0 Å². The number of esters is 1. The number of hydrogen-bond acceptors (Lipinski definition) is 5. The molecule has 12 heavy (non-hydrogen) atoms. The van der Waals surface area contributed by atoms with E-state index < -0.39 is 30.4 Å². The van der Waals surface area contributed by atoms with Crippen LogP contribution in [0.2, 0.25) is 0 Å². The van der Waals surface area contributed by atoms with Gasteiger partial charge in [-0.3, -0.25) is 4.79 Å². The highest BCUT2D eigenvalue weighted by Crippen LogP contribution is 2.19. The van der Waals surface area contributed by atoms with Crippen molar-refractivity contribution in [2.24, 2.45) is 0 Å². The molecular formula is C7H12O5. The Balaban J connectivity index is 2.57. The number of aliphatic hydroxyl groups excluding tert-OH is 3. The fraction of sp³-hybridized carbons (Fsp3) is 0.857. The first-order valence-corrected chi connectivity index (χ1v) is 3.76. The van der Waals surface area contributed by atoms with Gasteiger partial charge in [-0.05, 0) is 6.92 Å². The Bertz CT molecular complexity index is 179. The van der Waals surface area contributed by atoms with Crippen LogP contribution in [0.5, 0.6) is 0 Å². The number of aliphatic hydroxyl groups is 3. The topological polar surface area (TPSA) is 87.0 Å². The van der Waals surface area contributed by atoms with Crippen molar-refractivity contribution in [3.05, 3.63) is 0 Å². The molecule has 0 bridgehead atoms. The summed E-state index contributed by atoms with van der Waals surface area (Å²) < 4.78 is 4.60. The molecule has 0 aliphatic carbocycles. The van der Waals surface area contributed by atoms with E-state index in [0.717, 1.165) is 0 Å². The van der Waals surface area contributed by atoms with Crippen LogP contribution >= 0.6 is 0 Å². The molecule has 1 heterocycles. The van der Waals surface area contributed by atoms with Crippen molar-refractivity contribution < 1.29 is 24.9 Å². The molecule has 0 aromatic carbocycles. The molecular weight excluding hydrogens is 164 g/mol. The molecule has 0 aromatic heterocycles. The van der Waals surface area contributed by atoms with E-state index in [1.54, 1.807) is 0 Å². The van der Waals surface area contributed by atoms with Crippen molar-refractivity contribution in [3.63, 3.8) is 0 Å². The number of carbonyl (C=O) groups excluding carboxylic acids is 1. The van der Waals surface area contributed by atoms with Gasteiger partial charge in [0.05, 0.1) is 12.5 Å². The largest absolute Gasteiger partial charge is 0.457 e. The number of rotatable bonds is 2. The highest BCUT2D eigenvalue weighted by molar-refractivity contribution is 5.72. The maximum atomic E-state index is 10.6. The Morgan fingerprint density at radius 1 is 1.58 bits per heavy atom. The maximum Gasteiger partial charge on any atom is 0.309 e. The third-order valence-corrected chi connectivity index (χ3v) is 1.85. The second kappa shape index (κ2) is 3.38. The number of carbonyl (C=O) groups is 1. The molecule has 0 saturated carbocycles. The second-order valence-corrected chi connectivity index (χ2v) is 2.96. The van der Waals surface area contributed by atoms with Crippen molar-refractivity contribution >= 4 is 5.97 Å². The van der Waals surface area contributed by atoms with Crippen LogP contribution in [0.3, 0.4) is 0 Å². The molecule has 5 nitrogen and oxygen atoms in total. The summed E-state index contributed by atoms with van der Waals surface area (Å²) in [6.07, 6.45) is -4.35. The van der Waals surface area contributed by atoms with Crippen LogP contribution in [0, 0.1) is 0 Å². The van der Waals surface area contributed by atoms with E-state index >= 15 is 0 Å². The molecule has 1 fully saturated rings. The molecule has 0 radical (unpaired) electrons. The van der Waals surface area contributed by atoms with Crippen molar-refractivity contribution in [3.8, 4) is 0 Å². The Labute approximate surface area is 69.6 Å². The van der Waals surface area contributed by atoms with Crippen LogP contribution in [0.25, 0.3) is 0 Å². The number of ether oxygens (including phenoxy) is 1. The van der Waals surface area contributed by atoms with Gasteiger partial charge in [0.2, 0.25) is 0 Å². The molecule has 1 rings (SSSR count). The lowest BCUT2D eigenvalue weighted by atomic mass is 10.0. The van der Waals surface area contributed by atoms with Gasteiger partial charge in [-0.2, -0.15) is 0 Å². The molecule has 5 heteroatoms. The van der Waals surface area contributed by atoms with Gasteiger partial charge in [0.25, 0.3) is 0 Å². The minimum Gasteiger partial charge on any atom is -0.457 e.